The summed E-state index contributed by atoms with van der Waals surface area (Å²) in [6.07, 6.45) is 1.19. The van der Waals surface area contributed by atoms with Gasteiger partial charge in [0.25, 0.3) is 0 Å². The molecule has 94 valence electrons. The van der Waals surface area contributed by atoms with E-state index >= 15 is 0 Å². The van der Waals surface area contributed by atoms with Gasteiger partial charge in [-0.05, 0) is 35.4 Å². The second-order valence-electron chi connectivity index (χ2n) is 4.52. The number of ether oxygens (including phenoxy) is 1. The first-order chi connectivity index (χ1) is 8.19. The van der Waals surface area contributed by atoms with Gasteiger partial charge in [-0.1, -0.05) is 18.5 Å². The van der Waals surface area contributed by atoms with Crippen LogP contribution in [0.5, 0.6) is 5.75 Å². The Bertz CT molecular complexity index is 384. The molecular formula is C13H17ClO2S. The Kier molecular flexibility index (Phi) is 4.60. The fraction of sp³-hybridized carbons (Fsp3) is 0.538. The normalized spacial score (nSPS) is 19.8. The third-order valence-electron chi connectivity index (χ3n) is 2.78. The van der Waals surface area contributed by atoms with E-state index in [9.17, 15) is 0 Å². The SMILES string of the molecule is CC(CO)CSCC1Cc2cc(Cl)ccc2O1. The van der Waals surface area contributed by atoms with Crippen molar-refractivity contribution in [3.8, 4) is 5.75 Å². The first-order valence-corrected chi connectivity index (χ1v) is 7.36. The van der Waals surface area contributed by atoms with Crippen LogP contribution in [0.4, 0.5) is 0 Å². The van der Waals surface area contributed by atoms with Crippen LogP contribution in [0, 0.1) is 5.92 Å². The van der Waals surface area contributed by atoms with Crippen molar-refractivity contribution in [1.82, 2.24) is 0 Å². The largest absolute Gasteiger partial charge is 0.489 e. The van der Waals surface area contributed by atoms with Gasteiger partial charge in [0.2, 0.25) is 0 Å². The molecule has 17 heavy (non-hydrogen) atoms. The Morgan fingerprint density at radius 1 is 1.59 bits per heavy atom. The van der Waals surface area contributed by atoms with Gasteiger partial charge in [0.1, 0.15) is 11.9 Å². The molecule has 0 radical (unpaired) electrons. The number of thioether (sulfide) groups is 1. The molecule has 1 N–H and O–H groups in total. The van der Waals surface area contributed by atoms with Crippen LogP contribution in [0.1, 0.15) is 12.5 Å². The van der Waals surface area contributed by atoms with E-state index < -0.39 is 0 Å². The maximum atomic E-state index is 8.94. The van der Waals surface area contributed by atoms with Crippen molar-refractivity contribution >= 4 is 23.4 Å². The van der Waals surface area contributed by atoms with Crippen molar-refractivity contribution in [2.75, 3.05) is 18.1 Å². The predicted octanol–water partition coefficient (Wildman–Crippen LogP) is 3.01. The summed E-state index contributed by atoms with van der Waals surface area (Å²) in [5.41, 5.74) is 1.21. The topological polar surface area (TPSA) is 29.5 Å². The molecule has 1 aromatic rings. The molecular weight excluding hydrogens is 256 g/mol. The quantitative estimate of drug-likeness (QED) is 0.894. The monoisotopic (exact) mass is 272 g/mol. The van der Waals surface area contributed by atoms with Crippen LogP contribution in [0.2, 0.25) is 5.02 Å². The van der Waals surface area contributed by atoms with Crippen LogP contribution in [-0.4, -0.2) is 29.3 Å². The van der Waals surface area contributed by atoms with Gasteiger partial charge in [0.05, 0.1) is 0 Å². The molecule has 0 saturated heterocycles. The number of hydrogen-bond acceptors (Lipinski definition) is 3. The molecule has 0 aliphatic carbocycles. The molecule has 0 aromatic heterocycles. The van der Waals surface area contributed by atoms with E-state index in [-0.39, 0.29) is 12.7 Å². The Labute approximate surface area is 111 Å². The Morgan fingerprint density at radius 3 is 3.18 bits per heavy atom. The Morgan fingerprint density at radius 2 is 2.41 bits per heavy atom. The van der Waals surface area contributed by atoms with E-state index in [2.05, 4.69) is 6.92 Å². The number of benzene rings is 1. The standard InChI is InChI=1S/C13H17ClO2S/c1-9(6-15)7-17-8-12-5-10-4-11(14)2-3-13(10)16-12/h2-4,9,12,15H,5-8H2,1H3. The minimum Gasteiger partial charge on any atom is -0.489 e. The fourth-order valence-corrected chi connectivity index (χ4v) is 3.12. The van der Waals surface area contributed by atoms with Crippen LogP contribution in [-0.2, 0) is 6.42 Å². The van der Waals surface area contributed by atoms with Crippen LogP contribution in [0.25, 0.3) is 0 Å². The summed E-state index contributed by atoms with van der Waals surface area (Å²) in [6, 6.07) is 5.79. The summed E-state index contributed by atoms with van der Waals surface area (Å²) in [5.74, 6) is 3.28. The Balaban J connectivity index is 1.80. The summed E-state index contributed by atoms with van der Waals surface area (Å²) in [6.45, 7) is 2.31. The fourth-order valence-electron chi connectivity index (χ4n) is 1.84. The van der Waals surface area contributed by atoms with Crippen molar-refractivity contribution in [1.29, 1.82) is 0 Å². The van der Waals surface area contributed by atoms with Gasteiger partial charge >= 0.3 is 0 Å². The molecule has 0 amide bonds. The highest BCUT2D eigenvalue weighted by atomic mass is 35.5. The zero-order valence-corrected chi connectivity index (χ0v) is 11.4. The van der Waals surface area contributed by atoms with Crippen LogP contribution >= 0.6 is 23.4 Å². The maximum Gasteiger partial charge on any atom is 0.123 e. The van der Waals surface area contributed by atoms with Gasteiger partial charge in [-0.15, -0.1) is 0 Å². The highest BCUT2D eigenvalue weighted by molar-refractivity contribution is 7.99. The second kappa shape index (κ2) is 5.98. The molecule has 1 aromatic carbocycles. The lowest BCUT2D eigenvalue weighted by molar-refractivity contribution is 0.249. The van der Waals surface area contributed by atoms with E-state index in [1.165, 1.54) is 5.56 Å². The minimum atomic E-state index is 0.249. The van der Waals surface area contributed by atoms with Crippen molar-refractivity contribution < 1.29 is 9.84 Å². The van der Waals surface area contributed by atoms with E-state index in [4.69, 9.17) is 21.4 Å². The van der Waals surface area contributed by atoms with E-state index in [0.29, 0.717) is 5.92 Å². The summed E-state index contributed by atoms with van der Waals surface area (Å²) in [4.78, 5) is 0. The molecule has 2 rings (SSSR count). The molecule has 2 unspecified atom stereocenters. The average Bonchev–Trinajstić information content (AvgIpc) is 2.70. The van der Waals surface area contributed by atoms with Crippen molar-refractivity contribution in [2.24, 2.45) is 5.92 Å². The number of hydrogen-bond donors (Lipinski definition) is 1. The van der Waals surface area contributed by atoms with Gasteiger partial charge < -0.3 is 9.84 Å². The van der Waals surface area contributed by atoms with Crippen LogP contribution in [0.15, 0.2) is 18.2 Å². The number of aliphatic hydroxyl groups excluding tert-OH is 1. The summed E-state index contributed by atoms with van der Waals surface area (Å²) in [7, 11) is 0. The zero-order valence-electron chi connectivity index (χ0n) is 9.86. The summed E-state index contributed by atoms with van der Waals surface area (Å²) in [5, 5.41) is 9.71. The molecule has 0 saturated carbocycles. The van der Waals surface area contributed by atoms with Crippen LogP contribution in [0.3, 0.4) is 0 Å². The van der Waals surface area contributed by atoms with Gasteiger partial charge in [0, 0.05) is 23.8 Å². The zero-order chi connectivity index (χ0) is 12.3. The second-order valence-corrected chi connectivity index (χ2v) is 6.03. The number of halogens is 1. The lowest BCUT2D eigenvalue weighted by atomic mass is 10.1. The van der Waals surface area contributed by atoms with E-state index in [1.54, 1.807) is 0 Å². The first kappa shape index (κ1) is 13.1. The van der Waals surface area contributed by atoms with E-state index in [0.717, 1.165) is 28.7 Å². The summed E-state index contributed by atoms with van der Waals surface area (Å²) >= 11 is 7.79. The molecule has 0 fully saturated rings. The van der Waals surface area contributed by atoms with Gasteiger partial charge in [0.15, 0.2) is 0 Å². The van der Waals surface area contributed by atoms with Gasteiger partial charge in [-0.25, -0.2) is 0 Å². The van der Waals surface area contributed by atoms with Crippen molar-refractivity contribution in [2.45, 2.75) is 19.4 Å². The maximum absolute atomic E-state index is 8.94. The molecule has 2 nitrogen and oxygen atoms in total. The number of aliphatic hydroxyl groups is 1. The highest BCUT2D eigenvalue weighted by Gasteiger charge is 2.22. The van der Waals surface area contributed by atoms with Crippen molar-refractivity contribution in [3.05, 3.63) is 28.8 Å². The molecule has 0 bridgehead atoms. The van der Waals surface area contributed by atoms with Gasteiger partial charge in [-0.3, -0.25) is 0 Å². The smallest absolute Gasteiger partial charge is 0.123 e. The molecule has 0 spiro atoms. The summed E-state index contributed by atoms with van der Waals surface area (Å²) < 4.78 is 5.84. The minimum absolute atomic E-state index is 0.249. The molecule has 4 heteroatoms. The predicted molar refractivity (Wildman–Crippen MR) is 73.1 cm³/mol. The lowest BCUT2D eigenvalue weighted by Crippen LogP contribution is -2.17. The number of fused-ring (bicyclic) bond motifs is 1. The van der Waals surface area contributed by atoms with E-state index in [1.807, 2.05) is 30.0 Å². The number of rotatable bonds is 5. The average molecular weight is 273 g/mol. The third-order valence-corrected chi connectivity index (χ3v) is 4.43. The third kappa shape index (κ3) is 3.54. The molecule has 1 aliphatic heterocycles. The molecule has 1 heterocycles. The van der Waals surface area contributed by atoms with Crippen LogP contribution < -0.4 is 4.74 Å². The Hall–Kier alpha value is -0.380. The first-order valence-electron chi connectivity index (χ1n) is 5.82. The molecule has 1 aliphatic rings. The molecule has 2 atom stereocenters. The highest BCUT2D eigenvalue weighted by Crippen LogP contribution is 2.32. The lowest BCUT2D eigenvalue weighted by Gasteiger charge is -2.12. The van der Waals surface area contributed by atoms with Gasteiger partial charge in [-0.2, -0.15) is 11.8 Å². The van der Waals surface area contributed by atoms with Crippen molar-refractivity contribution in [3.63, 3.8) is 0 Å².